The van der Waals surface area contributed by atoms with Gasteiger partial charge in [-0.05, 0) is 46.1 Å². The maximum absolute atomic E-state index is 12.5. The number of rotatable bonds is 2. The van der Waals surface area contributed by atoms with Gasteiger partial charge in [-0.2, -0.15) is 0 Å². The number of ether oxygens (including phenoxy) is 1. The quantitative estimate of drug-likeness (QED) is 0.889. The maximum atomic E-state index is 12.5. The summed E-state index contributed by atoms with van der Waals surface area (Å²) in [6.45, 7) is 6.33. The van der Waals surface area contributed by atoms with Crippen LogP contribution in [0.4, 0.5) is 10.6 Å². The van der Waals surface area contributed by atoms with E-state index in [1.807, 2.05) is 33.0 Å². The Labute approximate surface area is 135 Å². The highest BCUT2D eigenvalue weighted by atomic mass is 16.6. The summed E-state index contributed by atoms with van der Waals surface area (Å²) in [6, 6.07) is 1.93. The molecule has 0 spiro atoms. The molecule has 7 heteroatoms. The van der Waals surface area contributed by atoms with Crippen LogP contribution in [0.5, 0.6) is 0 Å². The molecule has 1 saturated heterocycles. The van der Waals surface area contributed by atoms with Gasteiger partial charge in [0, 0.05) is 12.7 Å². The lowest BCUT2D eigenvalue weighted by Gasteiger charge is -2.37. The van der Waals surface area contributed by atoms with Gasteiger partial charge in [-0.25, -0.2) is 14.8 Å². The van der Waals surface area contributed by atoms with Crippen LogP contribution in [-0.4, -0.2) is 44.3 Å². The summed E-state index contributed by atoms with van der Waals surface area (Å²) in [5, 5.41) is 4.30. The minimum atomic E-state index is -0.498. The Hall–Kier alpha value is -2.31. The fourth-order valence-corrected chi connectivity index (χ4v) is 2.77. The fourth-order valence-electron chi connectivity index (χ4n) is 2.77. The number of amides is 1. The number of hydrogen-bond acceptors (Lipinski definition) is 5. The van der Waals surface area contributed by atoms with Crippen molar-refractivity contribution in [3.8, 4) is 0 Å². The van der Waals surface area contributed by atoms with Crippen molar-refractivity contribution in [1.29, 1.82) is 0 Å². The summed E-state index contributed by atoms with van der Waals surface area (Å²) < 4.78 is 5.53. The number of nitrogens with zero attached hydrogens (tertiary/aromatic N) is 3. The first-order chi connectivity index (χ1) is 10.9. The van der Waals surface area contributed by atoms with E-state index in [0.29, 0.717) is 6.54 Å². The van der Waals surface area contributed by atoms with Crippen LogP contribution in [0.15, 0.2) is 18.6 Å². The number of fused-ring (bicyclic) bond motifs is 1. The van der Waals surface area contributed by atoms with Gasteiger partial charge in [-0.1, -0.05) is 0 Å². The summed E-state index contributed by atoms with van der Waals surface area (Å²) in [6.07, 6.45) is 5.87. The molecule has 0 saturated carbocycles. The number of anilines is 1. The topological polar surface area (TPSA) is 83.1 Å². The Kier molecular flexibility index (Phi) is 4.11. The van der Waals surface area contributed by atoms with Crippen molar-refractivity contribution in [3.63, 3.8) is 0 Å². The number of piperidine rings is 1. The van der Waals surface area contributed by atoms with E-state index in [9.17, 15) is 4.79 Å². The predicted octanol–water partition coefficient (Wildman–Crippen LogP) is 3.12. The standard InChI is InChI=1S/C16H23N5O2/c1-16(2,3)23-15(22)21-9-5-4-6-12(21)20-14-11-7-8-17-13(11)18-10-19-14/h7-8,10,12H,4-6,9H2,1-3H3,(H2,17,18,19,20). The molecule has 0 aliphatic carbocycles. The smallest absolute Gasteiger partial charge is 0.411 e. The van der Waals surface area contributed by atoms with Crippen LogP contribution in [0.25, 0.3) is 11.0 Å². The molecule has 1 fully saturated rings. The zero-order valence-corrected chi connectivity index (χ0v) is 13.8. The van der Waals surface area contributed by atoms with Crippen LogP contribution in [0.2, 0.25) is 0 Å². The van der Waals surface area contributed by atoms with Crippen molar-refractivity contribution in [3.05, 3.63) is 18.6 Å². The molecule has 1 aliphatic heterocycles. The van der Waals surface area contributed by atoms with Crippen LogP contribution in [0.1, 0.15) is 40.0 Å². The lowest BCUT2D eigenvalue weighted by molar-refractivity contribution is 0.0130. The van der Waals surface area contributed by atoms with Gasteiger partial charge in [0.2, 0.25) is 0 Å². The molecule has 1 unspecified atom stereocenters. The molecule has 1 atom stereocenters. The van der Waals surface area contributed by atoms with E-state index in [0.717, 1.165) is 36.1 Å². The van der Waals surface area contributed by atoms with Gasteiger partial charge >= 0.3 is 6.09 Å². The number of nitrogens with one attached hydrogen (secondary N) is 2. The van der Waals surface area contributed by atoms with E-state index < -0.39 is 5.60 Å². The summed E-state index contributed by atoms with van der Waals surface area (Å²) in [7, 11) is 0. The normalized spacial score (nSPS) is 18.9. The van der Waals surface area contributed by atoms with E-state index in [1.165, 1.54) is 6.33 Å². The first kappa shape index (κ1) is 15.6. The van der Waals surface area contributed by atoms with Gasteiger partial charge in [0.25, 0.3) is 0 Å². The van der Waals surface area contributed by atoms with Gasteiger partial charge in [0.1, 0.15) is 29.6 Å². The second kappa shape index (κ2) is 6.06. The van der Waals surface area contributed by atoms with Gasteiger partial charge in [0.15, 0.2) is 0 Å². The van der Waals surface area contributed by atoms with Crippen LogP contribution >= 0.6 is 0 Å². The Morgan fingerprint density at radius 1 is 1.39 bits per heavy atom. The van der Waals surface area contributed by atoms with Gasteiger partial charge < -0.3 is 15.0 Å². The number of aromatic nitrogens is 3. The van der Waals surface area contributed by atoms with Crippen molar-refractivity contribution >= 4 is 22.9 Å². The Morgan fingerprint density at radius 2 is 2.22 bits per heavy atom. The molecule has 1 amide bonds. The highest BCUT2D eigenvalue weighted by Crippen LogP contribution is 2.24. The summed E-state index contributed by atoms with van der Waals surface area (Å²) in [5.74, 6) is 0.733. The highest BCUT2D eigenvalue weighted by Gasteiger charge is 2.30. The third-order valence-corrected chi connectivity index (χ3v) is 3.79. The zero-order chi connectivity index (χ0) is 16.4. The van der Waals surface area contributed by atoms with E-state index in [-0.39, 0.29) is 12.3 Å². The Balaban J connectivity index is 1.79. The van der Waals surface area contributed by atoms with Crippen molar-refractivity contribution in [2.45, 2.75) is 51.8 Å². The first-order valence-corrected chi connectivity index (χ1v) is 7.98. The van der Waals surface area contributed by atoms with E-state index in [1.54, 1.807) is 4.90 Å². The van der Waals surface area contributed by atoms with Crippen LogP contribution < -0.4 is 5.32 Å². The summed E-state index contributed by atoms with van der Waals surface area (Å²) in [4.78, 5) is 25.8. The molecule has 23 heavy (non-hydrogen) atoms. The van der Waals surface area contributed by atoms with Crippen molar-refractivity contribution in [2.75, 3.05) is 11.9 Å². The summed E-state index contributed by atoms with van der Waals surface area (Å²) in [5.41, 5.74) is 0.282. The molecule has 1 aliphatic rings. The molecule has 0 aromatic carbocycles. The lowest BCUT2D eigenvalue weighted by Crippen LogP contribution is -2.49. The number of carbonyl (C=O) groups is 1. The minimum Gasteiger partial charge on any atom is -0.444 e. The molecular formula is C16H23N5O2. The fraction of sp³-hybridized carbons (Fsp3) is 0.562. The molecule has 0 radical (unpaired) electrons. The maximum Gasteiger partial charge on any atom is 0.411 e. The van der Waals surface area contributed by atoms with E-state index in [2.05, 4.69) is 20.3 Å². The lowest BCUT2D eigenvalue weighted by atomic mass is 10.1. The average Bonchev–Trinajstić information content (AvgIpc) is 2.95. The molecule has 3 heterocycles. The van der Waals surface area contributed by atoms with Gasteiger partial charge in [-0.3, -0.25) is 4.90 Å². The number of H-pyrrole nitrogens is 1. The zero-order valence-electron chi connectivity index (χ0n) is 13.8. The van der Waals surface area contributed by atoms with Crippen LogP contribution in [-0.2, 0) is 4.74 Å². The van der Waals surface area contributed by atoms with Crippen molar-refractivity contribution in [1.82, 2.24) is 19.9 Å². The van der Waals surface area contributed by atoms with E-state index in [4.69, 9.17) is 4.74 Å². The third-order valence-electron chi connectivity index (χ3n) is 3.79. The first-order valence-electron chi connectivity index (χ1n) is 7.98. The second-order valence-electron chi connectivity index (χ2n) is 6.79. The van der Waals surface area contributed by atoms with Crippen molar-refractivity contribution < 1.29 is 9.53 Å². The van der Waals surface area contributed by atoms with Crippen LogP contribution in [0, 0.1) is 0 Å². The monoisotopic (exact) mass is 317 g/mol. The SMILES string of the molecule is CC(C)(C)OC(=O)N1CCCCC1Nc1ncnc2[nH]ccc12. The van der Waals surface area contributed by atoms with Crippen LogP contribution in [0.3, 0.4) is 0 Å². The molecule has 2 aromatic heterocycles. The van der Waals surface area contributed by atoms with E-state index >= 15 is 0 Å². The molecular weight excluding hydrogens is 294 g/mol. The number of hydrogen-bond donors (Lipinski definition) is 2. The number of aromatic amines is 1. The largest absolute Gasteiger partial charge is 0.444 e. The molecule has 124 valence electrons. The second-order valence-corrected chi connectivity index (χ2v) is 6.79. The van der Waals surface area contributed by atoms with Gasteiger partial charge in [-0.15, -0.1) is 0 Å². The molecule has 2 N–H and O–H groups in total. The summed E-state index contributed by atoms with van der Waals surface area (Å²) >= 11 is 0. The van der Waals surface area contributed by atoms with Gasteiger partial charge in [0.05, 0.1) is 5.39 Å². The predicted molar refractivity (Wildman–Crippen MR) is 88.1 cm³/mol. The Morgan fingerprint density at radius 3 is 3.00 bits per heavy atom. The molecule has 7 nitrogen and oxygen atoms in total. The molecule has 3 rings (SSSR count). The Bertz CT molecular complexity index is 691. The minimum absolute atomic E-state index is 0.119. The molecule has 0 bridgehead atoms. The molecule has 2 aromatic rings. The van der Waals surface area contributed by atoms with Crippen molar-refractivity contribution in [2.24, 2.45) is 0 Å². The highest BCUT2D eigenvalue weighted by molar-refractivity contribution is 5.86. The number of carbonyl (C=O) groups excluding carboxylic acids is 1. The average molecular weight is 317 g/mol. The number of likely N-dealkylation sites (tertiary alicyclic amines) is 1. The third kappa shape index (κ3) is 3.55.